The lowest BCUT2D eigenvalue weighted by Gasteiger charge is -2.36. The molecular formula is C20H23ClO. The van der Waals surface area contributed by atoms with E-state index < -0.39 is 0 Å². The number of hydrogen-bond acceptors (Lipinski definition) is 1. The molecule has 0 bridgehead atoms. The fraction of sp³-hybridized carbons (Fsp3) is 0.400. The van der Waals surface area contributed by atoms with Gasteiger partial charge in [0, 0.05) is 0 Å². The molecule has 1 aliphatic rings. The number of alkyl halides is 1. The van der Waals surface area contributed by atoms with Gasteiger partial charge in [-0.25, -0.2) is 0 Å². The number of hydrogen-bond donors (Lipinski definition) is 0. The van der Waals surface area contributed by atoms with Crippen molar-refractivity contribution < 1.29 is 4.74 Å². The predicted molar refractivity (Wildman–Crippen MR) is 92.7 cm³/mol. The van der Waals surface area contributed by atoms with Crippen molar-refractivity contribution >= 4 is 11.6 Å². The fourth-order valence-electron chi connectivity index (χ4n) is 2.93. The van der Waals surface area contributed by atoms with Gasteiger partial charge in [0.2, 0.25) is 0 Å². The van der Waals surface area contributed by atoms with Crippen molar-refractivity contribution in [3.8, 4) is 5.75 Å². The number of rotatable bonds is 5. The van der Waals surface area contributed by atoms with E-state index in [1.807, 2.05) is 18.2 Å². The summed E-state index contributed by atoms with van der Waals surface area (Å²) in [5.41, 5.74) is 3.64. The summed E-state index contributed by atoms with van der Waals surface area (Å²) >= 11 is 6.70. The monoisotopic (exact) mass is 314 g/mol. The van der Waals surface area contributed by atoms with E-state index in [4.69, 9.17) is 16.3 Å². The number of benzene rings is 2. The highest BCUT2D eigenvalue weighted by atomic mass is 35.5. The molecule has 116 valence electrons. The third kappa shape index (κ3) is 3.15. The largest absolute Gasteiger partial charge is 0.489 e. The van der Waals surface area contributed by atoms with Crippen LogP contribution in [0.5, 0.6) is 5.75 Å². The molecule has 1 aliphatic carbocycles. The standard InChI is InChI=1S/C20H23ClO/c1-15(2)18-10-9-17(20(21)11-6-12-20)13-19(18)22-14-16-7-4-3-5-8-16/h3-5,7-10,13,15H,6,11-12,14H2,1-2H3. The molecule has 2 aromatic carbocycles. The minimum absolute atomic E-state index is 0.166. The van der Waals surface area contributed by atoms with Gasteiger partial charge in [0.1, 0.15) is 12.4 Å². The molecule has 0 heterocycles. The van der Waals surface area contributed by atoms with Crippen LogP contribution >= 0.6 is 11.6 Å². The summed E-state index contributed by atoms with van der Waals surface area (Å²) in [7, 11) is 0. The second-order valence-corrected chi connectivity index (χ2v) is 7.22. The molecule has 0 radical (unpaired) electrons. The normalized spacial score (nSPS) is 16.4. The average Bonchev–Trinajstić information content (AvgIpc) is 2.51. The average molecular weight is 315 g/mol. The summed E-state index contributed by atoms with van der Waals surface area (Å²) in [5.74, 6) is 1.41. The first-order valence-corrected chi connectivity index (χ1v) is 8.46. The highest BCUT2D eigenvalue weighted by molar-refractivity contribution is 6.24. The zero-order valence-electron chi connectivity index (χ0n) is 13.3. The summed E-state index contributed by atoms with van der Waals surface area (Å²) < 4.78 is 6.13. The SMILES string of the molecule is CC(C)c1ccc(C2(Cl)CCC2)cc1OCc1ccccc1. The molecule has 2 heteroatoms. The van der Waals surface area contributed by atoms with E-state index in [-0.39, 0.29) is 4.87 Å². The Hall–Kier alpha value is -1.47. The Morgan fingerprint density at radius 3 is 2.41 bits per heavy atom. The second-order valence-electron chi connectivity index (χ2n) is 6.50. The Morgan fingerprint density at radius 2 is 1.82 bits per heavy atom. The lowest BCUT2D eigenvalue weighted by atomic mass is 9.78. The Balaban J connectivity index is 1.84. The maximum Gasteiger partial charge on any atom is 0.123 e. The van der Waals surface area contributed by atoms with Crippen LogP contribution in [0.2, 0.25) is 0 Å². The Bertz CT molecular complexity index is 629. The first kappa shape index (κ1) is 15.4. The van der Waals surface area contributed by atoms with Crippen molar-refractivity contribution in [1.82, 2.24) is 0 Å². The molecule has 0 N–H and O–H groups in total. The molecule has 22 heavy (non-hydrogen) atoms. The molecule has 3 rings (SSSR count). The minimum atomic E-state index is -0.166. The predicted octanol–water partition coefficient (Wildman–Crippen LogP) is 6.01. The van der Waals surface area contributed by atoms with Crippen LogP contribution in [0, 0.1) is 0 Å². The summed E-state index contributed by atoms with van der Waals surface area (Å²) in [5, 5.41) is 0. The number of halogens is 1. The van der Waals surface area contributed by atoms with Crippen LogP contribution in [-0.2, 0) is 11.5 Å². The Morgan fingerprint density at radius 1 is 1.09 bits per heavy atom. The van der Waals surface area contributed by atoms with E-state index in [1.165, 1.54) is 23.1 Å². The third-order valence-corrected chi connectivity index (χ3v) is 5.13. The lowest BCUT2D eigenvalue weighted by molar-refractivity contribution is 0.299. The van der Waals surface area contributed by atoms with Gasteiger partial charge in [0.25, 0.3) is 0 Å². The molecule has 0 aliphatic heterocycles. The molecule has 2 aromatic rings. The molecule has 1 saturated carbocycles. The van der Waals surface area contributed by atoms with E-state index in [1.54, 1.807) is 0 Å². The van der Waals surface area contributed by atoms with E-state index in [0.29, 0.717) is 12.5 Å². The van der Waals surface area contributed by atoms with Gasteiger partial charge in [-0.15, -0.1) is 11.6 Å². The molecule has 0 atom stereocenters. The molecular weight excluding hydrogens is 292 g/mol. The fourth-order valence-corrected chi connectivity index (χ4v) is 3.31. The van der Waals surface area contributed by atoms with Gasteiger partial charge in [-0.05, 0) is 47.9 Å². The lowest BCUT2D eigenvalue weighted by Crippen LogP contribution is -2.27. The maximum absolute atomic E-state index is 6.70. The summed E-state index contributed by atoms with van der Waals surface area (Å²) in [6.07, 6.45) is 3.34. The highest BCUT2D eigenvalue weighted by Crippen LogP contribution is 2.48. The van der Waals surface area contributed by atoms with E-state index in [9.17, 15) is 0 Å². The van der Waals surface area contributed by atoms with Gasteiger partial charge < -0.3 is 4.74 Å². The molecule has 1 nitrogen and oxygen atoms in total. The van der Waals surface area contributed by atoms with Gasteiger partial charge in [-0.3, -0.25) is 0 Å². The topological polar surface area (TPSA) is 9.23 Å². The molecule has 0 amide bonds. The van der Waals surface area contributed by atoms with Gasteiger partial charge in [-0.1, -0.05) is 56.3 Å². The first-order chi connectivity index (χ1) is 10.6. The molecule has 0 spiro atoms. The van der Waals surface area contributed by atoms with Crippen molar-refractivity contribution in [3.63, 3.8) is 0 Å². The third-order valence-electron chi connectivity index (χ3n) is 4.54. The smallest absolute Gasteiger partial charge is 0.123 e. The van der Waals surface area contributed by atoms with Gasteiger partial charge >= 0.3 is 0 Å². The minimum Gasteiger partial charge on any atom is -0.489 e. The van der Waals surface area contributed by atoms with E-state index in [2.05, 4.69) is 44.2 Å². The Kier molecular flexibility index (Phi) is 4.44. The van der Waals surface area contributed by atoms with Gasteiger partial charge in [0.15, 0.2) is 0 Å². The molecule has 1 fully saturated rings. The Labute approximate surface area is 138 Å². The van der Waals surface area contributed by atoms with Crippen molar-refractivity contribution in [2.75, 3.05) is 0 Å². The maximum atomic E-state index is 6.70. The summed E-state index contributed by atoms with van der Waals surface area (Å²) in [4.78, 5) is -0.166. The zero-order valence-corrected chi connectivity index (χ0v) is 14.1. The number of ether oxygens (including phenoxy) is 1. The van der Waals surface area contributed by atoms with E-state index in [0.717, 1.165) is 18.6 Å². The van der Waals surface area contributed by atoms with Crippen LogP contribution in [0.1, 0.15) is 55.7 Å². The zero-order chi connectivity index (χ0) is 15.6. The van der Waals surface area contributed by atoms with Crippen molar-refractivity contribution in [3.05, 3.63) is 65.2 Å². The quantitative estimate of drug-likeness (QED) is 0.614. The van der Waals surface area contributed by atoms with Crippen molar-refractivity contribution in [2.45, 2.75) is 50.5 Å². The van der Waals surface area contributed by atoms with Gasteiger partial charge in [-0.2, -0.15) is 0 Å². The van der Waals surface area contributed by atoms with Gasteiger partial charge in [0.05, 0.1) is 4.87 Å². The van der Waals surface area contributed by atoms with E-state index >= 15 is 0 Å². The van der Waals surface area contributed by atoms with Crippen LogP contribution in [0.4, 0.5) is 0 Å². The van der Waals surface area contributed by atoms with Crippen LogP contribution < -0.4 is 4.74 Å². The highest BCUT2D eigenvalue weighted by Gasteiger charge is 2.36. The van der Waals surface area contributed by atoms with Crippen LogP contribution in [0.25, 0.3) is 0 Å². The summed E-state index contributed by atoms with van der Waals surface area (Å²) in [6.45, 7) is 4.99. The molecule has 0 saturated heterocycles. The van der Waals surface area contributed by atoms with Crippen LogP contribution in [-0.4, -0.2) is 0 Å². The van der Waals surface area contributed by atoms with Crippen molar-refractivity contribution in [1.29, 1.82) is 0 Å². The second kappa shape index (κ2) is 6.34. The molecule has 0 aromatic heterocycles. The first-order valence-electron chi connectivity index (χ1n) is 8.08. The van der Waals surface area contributed by atoms with Crippen LogP contribution in [0.15, 0.2) is 48.5 Å². The van der Waals surface area contributed by atoms with Crippen molar-refractivity contribution in [2.24, 2.45) is 0 Å². The summed E-state index contributed by atoms with van der Waals surface area (Å²) in [6, 6.07) is 16.8. The van der Waals surface area contributed by atoms with Crippen LogP contribution in [0.3, 0.4) is 0 Å². The molecule has 0 unspecified atom stereocenters.